The molecule has 4 nitrogen and oxygen atoms in total. The van der Waals surface area contributed by atoms with Crippen LogP contribution in [0.5, 0.6) is 0 Å². The van der Waals surface area contributed by atoms with Gasteiger partial charge in [0.1, 0.15) is 0 Å². The van der Waals surface area contributed by atoms with Crippen molar-refractivity contribution in [3.63, 3.8) is 0 Å². The predicted molar refractivity (Wildman–Crippen MR) is 75.3 cm³/mol. The van der Waals surface area contributed by atoms with Gasteiger partial charge in [-0.25, -0.2) is 0 Å². The molecule has 0 bridgehead atoms. The van der Waals surface area contributed by atoms with Crippen molar-refractivity contribution in [2.24, 2.45) is 5.73 Å². The topological polar surface area (TPSA) is 58.4 Å². The third-order valence-corrected chi connectivity index (χ3v) is 3.01. The molecule has 0 aromatic heterocycles. The number of para-hydroxylation sites is 1. The number of hydrogen-bond donors (Lipinski definition) is 2. The van der Waals surface area contributed by atoms with Gasteiger partial charge in [-0.15, -0.1) is 0 Å². The lowest BCUT2D eigenvalue weighted by atomic mass is 9.99. The van der Waals surface area contributed by atoms with E-state index >= 15 is 0 Å². The number of carbonyl (C=O) groups is 1. The zero-order valence-corrected chi connectivity index (χ0v) is 11.7. The Labute approximate surface area is 109 Å². The van der Waals surface area contributed by atoms with Crippen molar-refractivity contribution >= 4 is 11.6 Å². The standard InChI is InChI=1S/C14H23N3O/c1-5-14(2,15)13(18)16-12-9-7-6-8-11(12)10-17(3)4/h6-9H,5,10,15H2,1-4H3,(H,16,18). The monoisotopic (exact) mass is 249 g/mol. The summed E-state index contributed by atoms with van der Waals surface area (Å²) in [6.07, 6.45) is 0.606. The summed E-state index contributed by atoms with van der Waals surface area (Å²) < 4.78 is 0. The van der Waals surface area contributed by atoms with Gasteiger partial charge in [-0.3, -0.25) is 4.79 Å². The summed E-state index contributed by atoms with van der Waals surface area (Å²) >= 11 is 0. The van der Waals surface area contributed by atoms with Crippen LogP contribution < -0.4 is 11.1 Å². The smallest absolute Gasteiger partial charge is 0.244 e. The second kappa shape index (κ2) is 5.98. The van der Waals surface area contributed by atoms with Gasteiger partial charge in [0.25, 0.3) is 0 Å². The molecule has 4 heteroatoms. The van der Waals surface area contributed by atoms with Crippen LogP contribution in [0.1, 0.15) is 25.8 Å². The fraction of sp³-hybridized carbons (Fsp3) is 0.500. The molecule has 0 aliphatic rings. The summed E-state index contributed by atoms with van der Waals surface area (Å²) in [6, 6.07) is 7.79. The molecule has 1 aromatic rings. The van der Waals surface area contributed by atoms with Gasteiger partial charge in [-0.1, -0.05) is 25.1 Å². The Bertz CT molecular complexity index is 413. The Morgan fingerprint density at radius 2 is 2.00 bits per heavy atom. The highest BCUT2D eigenvalue weighted by Gasteiger charge is 2.26. The number of nitrogens with one attached hydrogen (secondary N) is 1. The number of benzene rings is 1. The summed E-state index contributed by atoms with van der Waals surface area (Å²) in [5, 5.41) is 2.92. The van der Waals surface area contributed by atoms with Gasteiger partial charge >= 0.3 is 0 Å². The molecule has 1 unspecified atom stereocenters. The van der Waals surface area contributed by atoms with Crippen LogP contribution in [0.3, 0.4) is 0 Å². The largest absolute Gasteiger partial charge is 0.324 e. The number of anilines is 1. The molecule has 1 rings (SSSR count). The third kappa shape index (κ3) is 3.82. The van der Waals surface area contributed by atoms with Crippen LogP contribution in [0.2, 0.25) is 0 Å². The maximum atomic E-state index is 12.1. The first-order chi connectivity index (χ1) is 8.36. The molecule has 0 saturated heterocycles. The number of amides is 1. The summed E-state index contributed by atoms with van der Waals surface area (Å²) in [4.78, 5) is 14.1. The van der Waals surface area contributed by atoms with E-state index in [0.29, 0.717) is 6.42 Å². The maximum Gasteiger partial charge on any atom is 0.244 e. The Balaban J connectivity index is 2.87. The van der Waals surface area contributed by atoms with Crippen molar-refractivity contribution in [3.8, 4) is 0 Å². The van der Waals surface area contributed by atoms with Gasteiger partial charge in [0, 0.05) is 12.2 Å². The molecule has 0 aliphatic heterocycles. The van der Waals surface area contributed by atoms with E-state index in [2.05, 4.69) is 10.2 Å². The highest BCUT2D eigenvalue weighted by atomic mass is 16.2. The Morgan fingerprint density at radius 1 is 1.39 bits per heavy atom. The average molecular weight is 249 g/mol. The van der Waals surface area contributed by atoms with E-state index in [9.17, 15) is 4.79 Å². The fourth-order valence-electron chi connectivity index (χ4n) is 1.55. The highest BCUT2D eigenvalue weighted by molar-refractivity contribution is 5.98. The molecule has 1 aromatic carbocycles. The zero-order chi connectivity index (χ0) is 13.8. The van der Waals surface area contributed by atoms with Crippen molar-refractivity contribution < 1.29 is 4.79 Å². The summed E-state index contributed by atoms with van der Waals surface area (Å²) in [6.45, 7) is 4.44. The molecule has 0 heterocycles. The number of rotatable bonds is 5. The molecule has 3 N–H and O–H groups in total. The van der Waals surface area contributed by atoms with Gasteiger partial charge in [0.05, 0.1) is 5.54 Å². The van der Waals surface area contributed by atoms with Gasteiger partial charge in [-0.05, 0) is 39.1 Å². The quantitative estimate of drug-likeness (QED) is 0.836. The molecule has 100 valence electrons. The number of nitrogens with two attached hydrogens (primary N) is 1. The normalized spacial score (nSPS) is 14.3. The first-order valence-corrected chi connectivity index (χ1v) is 6.20. The number of nitrogens with zero attached hydrogens (tertiary/aromatic N) is 1. The van der Waals surface area contributed by atoms with Crippen molar-refractivity contribution in [2.45, 2.75) is 32.4 Å². The Hall–Kier alpha value is -1.39. The molecule has 0 fully saturated rings. The summed E-state index contributed by atoms with van der Waals surface area (Å²) in [5.41, 5.74) is 7.03. The Morgan fingerprint density at radius 3 is 2.56 bits per heavy atom. The maximum absolute atomic E-state index is 12.1. The van der Waals surface area contributed by atoms with Crippen molar-refractivity contribution in [1.82, 2.24) is 4.90 Å². The highest BCUT2D eigenvalue weighted by Crippen LogP contribution is 2.18. The minimum Gasteiger partial charge on any atom is -0.324 e. The molecule has 0 aliphatic carbocycles. The molecule has 1 atom stereocenters. The average Bonchev–Trinajstić information content (AvgIpc) is 2.31. The lowest BCUT2D eigenvalue weighted by Crippen LogP contribution is -2.47. The zero-order valence-electron chi connectivity index (χ0n) is 11.7. The summed E-state index contributed by atoms with van der Waals surface area (Å²) in [5.74, 6) is -0.142. The van der Waals surface area contributed by atoms with Crippen LogP contribution in [0.15, 0.2) is 24.3 Å². The van der Waals surface area contributed by atoms with Gasteiger partial charge in [0.15, 0.2) is 0 Å². The predicted octanol–water partition coefficient (Wildman–Crippen LogP) is 1.81. The summed E-state index contributed by atoms with van der Waals surface area (Å²) in [7, 11) is 4.00. The van der Waals surface area contributed by atoms with E-state index in [4.69, 9.17) is 5.73 Å². The van der Waals surface area contributed by atoms with Crippen molar-refractivity contribution in [2.75, 3.05) is 19.4 Å². The molecular formula is C14H23N3O. The first-order valence-electron chi connectivity index (χ1n) is 6.20. The molecule has 1 amide bonds. The second-order valence-corrected chi connectivity index (χ2v) is 5.12. The minimum absolute atomic E-state index is 0.142. The number of hydrogen-bond acceptors (Lipinski definition) is 3. The van der Waals surface area contributed by atoms with Crippen LogP contribution in [0.4, 0.5) is 5.69 Å². The lowest BCUT2D eigenvalue weighted by Gasteiger charge is -2.23. The van der Waals surface area contributed by atoms with Gasteiger partial charge in [-0.2, -0.15) is 0 Å². The first kappa shape index (κ1) is 14.7. The molecule has 18 heavy (non-hydrogen) atoms. The molecule has 0 radical (unpaired) electrons. The lowest BCUT2D eigenvalue weighted by molar-refractivity contribution is -0.120. The van der Waals surface area contributed by atoms with Crippen LogP contribution >= 0.6 is 0 Å². The van der Waals surface area contributed by atoms with Gasteiger partial charge < -0.3 is 16.0 Å². The SMILES string of the molecule is CCC(C)(N)C(=O)Nc1ccccc1CN(C)C. The van der Waals surface area contributed by atoms with E-state index in [1.165, 1.54) is 0 Å². The molecule has 0 saturated carbocycles. The van der Waals surface area contributed by atoms with Crippen molar-refractivity contribution in [1.29, 1.82) is 0 Å². The molecular weight excluding hydrogens is 226 g/mol. The fourth-order valence-corrected chi connectivity index (χ4v) is 1.55. The molecule has 0 spiro atoms. The second-order valence-electron chi connectivity index (χ2n) is 5.12. The van der Waals surface area contributed by atoms with E-state index < -0.39 is 5.54 Å². The number of carbonyl (C=O) groups excluding carboxylic acids is 1. The van der Waals surface area contributed by atoms with Crippen molar-refractivity contribution in [3.05, 3.63) is 29.8 Å². The van der Waals surface area contributed by atoms with Crippen LogP contribution in [0.25, 0.3) is 0 Å². The van der Waals surface area contributed by atoms with E-state index in [-0.39, 0.29) is 5.91 Å². The minimum atomic E-state index is -0.828. The van der Waals surface area contributed by atoms with E-state index in [1.54, 1.807) is 6.92 Å². The van der Waals surface area contributed by atoms with E-state index in [1.807, 2.05) is 45.3 Å². The van der Waals surface area contributed by atoms with Crippen LogP contribution in [-0.2, 0) is 11.3 Å². The van der Waals surface area contributed by atoms with Gasteiger partial charge in [0.2, 0.25) is 5.91 Å². The van der Waals surface area contributed by atoms with Crippen LogP contribution in [-0.4, -0.2) is 30.4 Å². The third-order valence-electron chi connectivity index (χ3n) is 3.01. The van der Waals surface area contributed by atoms with Crippen LogP contribution in [0, 0.1) is 0 Å². The van der Waals surface area contributed by atoms with E-state index in [0.717, 1.165) is 17.8 Å². The Kier molecular flexibility index (Phi) is 4.87.